The molecule has 0 aliphatic rings. The van der Waals surface area contributed by atoms with Crippen LogP contribution in [0.15, 0.2) is 10.5 Å². The summed E-state index contributed by atoms with van der Waals surface area (Å²) in [7, 11) is 1.31. The minimum absolute atomic E-state index is 0.215. The molecule has 106 valence electrons. The summed E-state index contributed by atoms with van der Waals surface area (Å²) in [5.74, 6) is 0.343. The molecule has 0 aliphatic carbocycles. The highest BCUT2D eigenvalue weighted by molar-refractivity contribution is 5.94. The summed E-state index contributed by atoms with van der Waals surface area (Å²) < 4.78 is 10.0. The van der Waals surface area contributed by atoms with E-state index in [4.69, 9.17) is 9.15 Å². The number of carbonyl (C=O) groups is 2. The second-order valence-electron chi connectivity index (χ2n) is 5.03. The van der Waals surface area contributed by atoms with Crippen molar-refractivity contribution in [3.63, 3.8) is 0 Å². The first-order chi connectivity index (χ1) is 8.85. The molecule has 19 heavy (non-hydrogen) atoms. The van der Waals surface area contributed by atoms with E-state index in [0.29, 0.717) is 12.2 Å². The van der Waals surface area contributed by atoms with Gasteiger partial charge in [-0.2, -0.15) is 0 Å². The fourth-order valence-electron chi connectivity index (χ4n) is 1.74. The van der Waals surface area contributed by atoms with E-state index in [1.807, 2.05) is 20.8 Å². The number of amides is 1. The topological polar surface area (TPSA) is 68.5 Å². The van der Waals surface area contributed by atoms with Crippen LogP contribution in [0.2, 0.25) is 0 Å². The van der Waals surface area contributed by atoms with Crippen molar-refractivity contribution in [1.82, 2.24) is 5.32 Å². The molecule has 0 unspecified atom stereocenters. The van der Waals surface area contributed by atoms with Gasteiger partial charge in [-0.15, -0.1) is 0 Å². The second-order valence-corrected chi connectivity index (χ2v) is 5.03. The van der Waals surface area contributed by atoms with Gasteiger partial charge in [-0.25, -0.2) is 4.79 Å². The van der Waals surface area contributed by atoms with Crippen LogP contribution in [0, 0.1) is 19.8 Å². The van der Waals surface area contributed by atoms with Crippen LogP contribution < -0.4 is 5.32 Å². The lowest BCUT2D eigenvalue weighted by atomic mass is 10.0. The molecule has 1 aromatic heterocycles. The molecule has 0 fully saturated rings. The molecule has 1 N–H and O–H groups in total. The number of methoxy groups -OCH3 is 1. The molecule has 1 atom stereocenters. The normalized spacial score (nSPS) is 12.3. The molecule has 0 bridgehead atoms. The minimum atomic E-state index is -0.650. The van der Waals surface area contributed by atoms with Crippen LogP contribution in [0.3, 0.4) is 0 Å². The number of carbonyl (C=O) groups excluding carboxylic acids is 2. The third-order valence-electron chi connectivity index (χ3n) is 2.89. The van der Waals surface area contributed by atoms with Crippen molar-refractivity contribution < 1.29 is 18.7 Å². The minimum Gasteiger partial charge on any atom is -0.467 e. The van der Waals surface area contributed by atoms with Crippen molar-refractivity contribution in [3.8, 4) is 0 Å². The first-order valence-corrected chi connectivity index (χ1v) is 6.30. The standard InChI is InChI=1S/C14H21NO4/c1-8(2)6-11(14(17)18-5)15-13(16)12-7-9(3)10(4)19-12/h7-8,11H,6H2,1-5H3,(H,15,16)/t11-/m1/s1. The van der Waals surface area contributed by atoms with Crippen LogP contribution >= 0.6 is 0 Å². The molecular weight excluding hydrogens is 246 g/mol. The van der Waals surface area contributed by atoms with E-state index in [2.05, 4.69) is 5.32 Å². The Balaban J connectivity index is 2.78. The third-order valence-corrected chi connectivity index (χ3v) is 2.89. The van der Waals surface area contributed by atoms with E-state index < -0.39 is 17.9 Å². The largest absolute Gasteiger partial charge is 0.467 e. The van der Waals surface area contributed by atoms with Crippen molar-refractivity contribution >= 4 is 11.9 Å². The highest BCUT2D eigenvalue weighted by Crippen LogP contribution is 2.14. The lowest BCUT2D eigenvalue weighted by molar-refractivity contribution is -0.143. The van der Waals surface area contributed by atoms with Crippen molar-refractivity contribution in [2.45, 2.75) is 40.2 Å². The van der Waals surface area contributed by atoms with E-state index >= 15 is 0 Å². The fraction of sp³-hybridized carbons (Fsp3) is 0.571. The Morgan fingerprint density at radius 2 is 2.00 bits per heavy atom. The van der Waals surface area contributed by atoms with Crippen molar-refractivity contribution in [1.29, 1.82) is 0 Å². The molecule has 0 aliphatic heterocycles. The number of furan rings is 1. The molecule has 1 aromatic rings. The van der Waals surface area contributed by atoms with E-state index in [9.17, 15) is 9.59 Å². The molecule has 0 radical (unpaired) electrons. The second kappa shape index (κ2) is 6.41. The average Bonchev–Trinajstić information content (AvgIpc) is 2.67. The first kappa shape index (κ1) is 15.3. The average molecular weight is 267 g/mol. The predicted octanol–water partition coefficient (Wildman–Crippen LogP) is 2.21. The zero-order valence-corrected chi connectivity index (χ0v) is 12.1. The number of esters is 1. The van der Waals surface area contributed by atoms with Gasteiger partial charge >= 0.3 is 5.97 Å². The smallest absolute Gasteiger partial charge is 0.328 e. The summed E-state index contributed by atoms with van der Waals surface area (Å²) in [6.45, 7) is 7.60. The number of aryl methyl sites for hydroxylation is 2. The SMILES string of the molecule is COC(=O)[C@@H](CC(C)C)NC(=O)c1cc(C)c(C)o1. The molecule has 5 heteroatoms. The monoisotopic (exact) mass is 267 g/mol. The summed E-state index contributed by atoms with van der Waals surface area (Å²) >= 11 is 0. The Morgan fingerprint density at radius 3 is 2.42 bits per heavy atom. The van der Waals surface area contributed by atoms with Crippen LogP contribution in [0.5, 0.6) is 0 Å². The molecule has 0 saturated heterocycles. The van der Waals surface area contributed by atoms with Crippen LogP contribution in [-0.4, -0.2) is 25.0 Å². The van der Waals surface area contributed by atoms with Crippen LogP contribution in [0.1, 0.15) is 42.1 Å². The van der Waals surface area contributed by atoms with Gasteiger partial charge in [0.2, 0.25) is 0 Å². The molecule has 5 nitrogen and oxygen atoms in total. The van der Waals surface area contributed by atoms with Gasteiger partial charge in [0.1, 0.15) is 11.8 Å². The van der Waals surface area contributed by atoms with Gasteiger partial charge in [0.05, 0.1) is 7.11 Å². The van der Waals surface area contributed by atoms with Gasteiger partial charge in [-0.3, -0.25) is 4.79 Å². The lowest BCUT2D eigenvalue weighted by Gasteiger charge is -2.17. The van der Waals surface area contributed by atoms with Gasteiger partial charge in [-0.1, -0.05) is 13.8 Å². The van der Waals surface area contributed by atoms with Crippen LogP contribution in [0.25, 0.3) is 0 Å². The molecular formula is C14H21NO4. The van der Waals surface area contributed by atoms with Crippen LogP contribution in [0.4, 0.5) is 0 Å². The lowest BCUT2D eigenvalue weighted by Crippen LogP contribution is -2.42. The first-order valence-electron chi connectivity index (χ1n) is 6.30. The van der Waals surface area contributed by atoms with E-state index in [1.54, 1.807) is 13.0 Å². The molecule has 0 saturated carbocycles. The van der Waals surface area contributed by atoms with Gasteiger partial charge < -0.3 is 14.5 Å². The van der Waals surface area contributed by atoms with Gasteiger partial charge in [-0.05, 0) is 37.8 Å². The summed E-state index contributed by atoms with van der Waals surface area (Å²) in [5.41, 5.74) is 0.906. The summed E-state index contributed by atoms with van der Waals surface area (Å²) in [6.07, 6.45) is 0.525. The molecule has 1 rings (SSSR count). The summed E-state index contributed by atoms with van der Waals surface area (Å²) in [6, 6.07) is 1.01. The zero-order chi connectivity index (χ0) is 14.6. The number of nitrogens with one attached hydrogen (secondary N) is 1. The Bertz CT molecular complexity index is 443. The maximum Gasteiger partial charge on any atom is 0.328 e. The van der Waals surface area contributed by atoms with Gasteiger partial charge in [0.25, 0.3) is 5.91 Å². The predicted molar refractivity (Wildman–Crippen MR) is 70.9 cm³/mol. The van der Waals surface area contributed by atoms with E-state index in [-0.39, 0.29) is 11.7 Å². The third kappa shape index (κ3) is 4.12. The number of hydrogen-bond acceptors (Lipinski definition) is 4. The van der Waals surface area contributed by atoms with Crippen molar-refractivity contribution in [3.05, 3.63) is 23.2 Å². The maximum absolute atomic E-state index is 12.0. The zero-order valence-electron chi connectivity index (χ0n) is 12.1. The Labute approximate surface area is 113 Å². The molecule has 1 amide bonds. The Kier molecular flexibility index (Phi) is 5.15. The van der Waals surface area contributed by atoms with Crippen molar-refractivity contribution in [2.75, 3.05) is 7.11 Å². The Morgan fingerprint density at radius 1 is 1.37 bits per heavy atom. The maximum atomic E-state index is 12.0. The number of rotatable bonds is 5. The van der Waals surface area contributed by atoms with Gasteiger partial charge in [0.15, 0.2) is 5.76 Å². The molecule has 0 spiro atoms. The number of hydrogen-bond donors (Lipinski definition) is 1. The number of ether oxygens (including phenoxy) is 1. The van der Waals surface area contributed by atoms with E-state index in [1.165, 1.54) is 7.11 Å². The molecule has 1 heterocycles. The van der Waals surface area contributed by atoms with Gasteiger partial charge in [0, 0.05) is 0 Å². The highest BCUT2D eigenvalue weighted by Gasteiger charge is 2.24. The highest BCUT2D eigenvalue weighted by atomic mass is 16.5. The molecule has 0 aromatic carbocycles. The van der Waals surface area contributed by atoms with E-state index in [0.717, 1.165) is 5.56 Å². The van der Waals surface area contributed by atoms with Crippen LogP contribution in [-0.2, 0) is 9.53 Å². The summed E-state index contributed by atoms with van der Waals surface area (Å²) in [4.78, 5) is 23.6. The van der Waals surface area contributed by atoms with Crippen molar-refractivity contribution in [2.24, 2.45) is 5.92 Å². The quantitative estimate of drug-likeness (QED) is 0.830. The summed E-state index contributed by atoms with van der Waals surface area (Å²) in [5, 5.41) is 2.65. The Hall–Kier alpha value is -1.78. The fourth-order valence-corrected chi connectivity index (χ4v) is 1.74.